The molecule has 1 heteroatoms. The average molecular weight is 237 g/mol. The van der Waals surface area contributed by atoms with Gasteiger partial charge in [-0.3, -0.25) is 0 Å². The fourth-order valence-electron chi connectivity index (χ4n) is 3.74. The molecule has 2 aliphatic carbocycles. The summed E-state index contributed by atoms with van der Waals surface area (Å²) in [6.45, 7) is 6.04. The first-order chi connectivity index (χ1) is 8.28. The Balaban J connectivity index is 1.54. The summed E-state index contributed by atoms with van der Waals surface area (Å²) in [4.78, 5) is 0. The van der Waals surface area contributed by atoms with Crippen molar-refractivity contribution >= 4 is 0 Å². The molecule has 2 unspecified atom stereocenters. The van der Waals surface area contributed by atoms with E-state index in [2.05, 4.69) is 19.2 Å². The van der Waals surface area contributed by atoms with Crippen LogP contribution < -0.4 is 5.32 Å². The van der Waals surface area contributed by atoms with E-state index in [1.54, 1.807) is 0 Å². The predicted molar refractivity (Wildman–Crippen MR) is 75.2 cm³/mol. The Morgan fingerprint density at radius 3 is 2.29 bits per heavy atom. The minimum Gasteiger partial charge on any atom is -0.314 e. The SMILES string of the molecule is CCC1CCC(NCCC2CCC(C)CC2)C1. The van der Waals surface area contributed by atoms with Crippen LogP contribution in [0, 0.1) is 17.8 Å². The monoisotopic (exact) mass is 237 g/mol. The second-order valence-electron chi connectivity index (χ2n) is 6.65. The van der Waals surface area contributed by atoms with E-state index in [1.807, 2.05) is 0 Å². The summed E-state index contributed by atoms with van der Waals surface area (Å²) in [6.07, 6.45) is 13.1. The van der Waals surface area contributed by atoms with E-state index in [4.69, 9.17) is 0 Å². The lowest BCUT2D eigenvalue weighted by Crippen LogP contribution is -2.29. The zero-order chi connectivity index (χ0) is 12.1. The topological polar surface area (TPSA) is 12.0 Å². The maximum absolute atomic E-state index is 3.80. The summed E-state index contributed by atoms with van der Waals surface area (Å²) in [5.41, 5.74) is 0. The molecule has 1 nitrogen and oxygen atoms in total. The van der Waals surface area contributed by atoms with E-state index in [0.29, 0.717) is 0 Å². The highest BCUT2D eigenvalue weighted by molar-refractivity contribution is 4.80. The Labute approximate surface area is 108 Å². The number of hydrogen-bond acceptors (Lipinski definition) is 1. The van der Waals surface area contributed by atoms with Gasteiger partial charge in [-0.05, 0) is 50.0 Å². The van der Waals surface area contributed by atoms with Crippen molar-refractivity contribution in [2.24, 2.45) is 17.8 Å². The molecule has 2 rings (SSSR count). The molecule has 2 atom stereocenters. The van der Waals surface area contributed by atoms with Crippen LogP contribution in [0.25, 0.3) is 0 Å². The summed E-state index contributed by atoms with van der Waals surface area (Å²) in [6, 6.07) is 0.850. The molecule has 0 saturated heterocycles. The van der Waals surface area contributed by atoms with Crippen molar-refractivity contribution in [2.45, 2.75) is 77.7 Å². The van der Waals surface area contributed by atoms with Gasteiger partial charge in [0.05, 0.1) is 0 Å². The van der Waals surface area contributed by atoms with Crippen LogP contribution in [-0.2, 0) is 0 Å². The third-order valence-corrected chi connectivity index (χ3v) is 5.24. The average Bonchev–Trinajstić information content (AvgIpc) is 2.80. The molecule has 2 saturated carbocycles. The lowest BCUT2D eigenvalue weighted by atomic mass is 9.81. The smallest absolute Gasteiger partial charge is 0.00698 e. The van der Waals surface area contributed by atoms with Crippen molar-refractivity contribution in [3.63, 3.8) is 0 Å². The van der Waals surface area contributed by atoms with E-state index in [-0.39, 0.29) is 0 Å². The van der Waals surface area contributed by atoms with Gasteiger partial charge in [0.2, 0.25) is 0 Å². The van der Waals surface area contributed by atoms with Crippen LogP contribution in [0.5, 0.6) is 0 Å². The van der Waals surface area contributed by atoms with Crippen molar-refractivity contribution in [1.29, 1.82) is 0 Å². The minimum atomic E-state index is 0.850. The van der Waals surface area contributed by atoms with Crippen LogP contribution >= 0.6 is 0 Å². The van der Waals surface area contributed by atoms with Crippen LogP contribution in [0.1, 0.15) is 71.6 Å². The van der Waals surface area contributed by atoms with Gasteiger partial charge in [-0.1, -0.05) is 46.0 Å². The Bertz CT molecular complexity index is 204. The van der Waals surface area contributed by atoms with Crippen molar-refractivity contribution in [1.82, 2.24) is 5.32 Å². The second kappa shape index (κ2) is 6.78. The molecule has 2 aliphatic rings. The number of nitrogens with one attached hydrogen (secondary N) is 1. The highest BCUT2D eigenvalue weighted by Gasteiger charge is 2.23. The standard InChI is InChI=1S/C16H31N/c1-3-14-8-9-16(12-14)17-11-10-15-6-4-13(2)5-7-15/h13-17H,3-12H2,1-2H3. The maximum atomic E-state index is 3.80. The third kappa shape index (κ3) is 4.28. The molecule has 0 aromatic heterocycles. The van der Waals surface area contributed by atoms with E-state index in [0.717, 1.165) is 23.8 Å². The van der Waals surface area contributed by atoms with Gasteiger partial charge >= 0.3 is 0 Å². The summed E-state index contributed by atoms with van der Waals surface area (Å²) < 4.78 is 0. The molecule has 0 spiro atoms. The van der Waals surface area contributed by atoms with Gasteiger partial charge in [0, 0.05) is 6.04 Å². The maximum Gasteiger partial charge on any atom is 0.00698 e. The largest absolute Gasteiger partial charge is 0.314 e. The highest BCUT2D eigenvalue weighted by atomic mass is 14.9. The Morgan fingerprint density at radius 1 is 0.941 bits per heavy atom. The van der Waals surface area contributed by atoms with Gasteiger partial charge < -0.3 is 5.32 Å². The number of rotatable bonds is 5. The van der Waals surface area contributed by atoms with Gasteiger partial charge in [-0.25, -0.2) is 0 Å². The molecule has 0 aromatic rings. The van der Waals surface area contributed by atoms with Gasteiger partial charge in [-0.2, -0.15) is 0 Å². The molecule has 0 aliphatic heterocycles. The molecule has 0 radical (unpaired) electrons. The molecule has 100 valence electrons. The molecule has 0 heterocycles. The number of hydrogen-bond donors (Lipinski definition) is 1. The molecular weight excluding hydrogens is 206 g/mol. The van der Waals surface area contributed by atoms with Crippen LogP contribution in [0.15, 0.2) is 0 Å². The molecule has 17 heavy (non-hydrogen) atoms. The fraction of sp³-hybridized carbons (Fsp3) is 1.00. The van der Waals surface area contributed by atoms with Crippen molar-refractivity contribution in [3.05, 3.63) is 0 Å². The highest BCUT2D eigenvalue weighted by Crippen LogP contribution is 2.31. The summed E-state index contributed by atoms with van der Waals surface area (Å²) in [7, 11) is 0. The lowest BCUT2D eigenvalue weighted by Gasteiger charge is -2.26. The molecule has 2 fully saturated rings. The molecule has 0 amide bonds. The van der Waals surface area contributed by atoms with Crippen LogP contribution in [-0.4, -0.2) is 12.6 Å². The second-order valence-corrected chi connectivity index (χ2v) is 6.65. The van der Waals surface area contributed by atoms with Gasteiger partial charge in [-0.15, -0.1) is 0 Å². The van der Waals surface area contributed by atoms with Crippen LogP contribution in [0.4, 0.5) is 0 Å². The van der Waals surface area contributed by atoms with E-state index in [9.17, 15) is 0 Å². The first-order valence-electron chi connectivity index (χ1n) is 8.01. The van der Waals surface area contributed by atoms with Crippen LogP contribution in [0.2, 0.25) is 0 Å². The van der Waals surface area contributed by atoms with E-state index < -0.39 is 0 Å². The van der Waals surface area contributed by atoms with E-state index >= 15 is 0 Å². The van der Waals surface area contributed by atoms with Gasteiger partial charge in [0.15, 0.2) is 0 Å². The molecular formula is C16H31N. The van der Waals surface area contributed by atoms with Crippen LogP contribution in [0.3, 0.4) is 0 Å². The van der Waals surface area contributed by atoms with Crippen molar-refractivity contribution in [3.8, 4) is 0 Å². The predicted octanol–water partition coefficient (Wildman–Crippen LogP) is 4.37. The first-order valence-corrected chi connectivity index (χ1v) is 8.01. The molecule has 1 N–H and O–H groups in total. The fourth-order valence-corrected chi connectivity index (χ4v) is 3.74. The zero-order valence-corrected chi connectivity index (χ0v) is 11.9. The Kier molecular flexibility index (Phi) is 5.34. The summed E-state index contributed by atoms with van der Waals surface area (Å²) in [5, 5.41) is 3.80. The molecule has 0 aromatic carbocycles. The first kappa shape index (κ1) is 13.4. The van der Waals surface area contributed by atoms with Gasteiger partial charge in [0.25, 0.3) is 0 Å². The molecule has 0 bridgehead atoms. The summed E-state index contributed by atoms with van der Waals surface area (Å²) >= 11 is 0. The normalized spacial score (nSPS) is 38.5. The van der Waals surface area contributed by atoms with E-state index in [1.165, 1.54) is 64.3 Å². The Morgan fingerprint density at radius 2 is 1.65 bits per heavy atom. The van der Waals surface area contributed by atoms with Crippen molar-refractivity contribution < 1.29 is 0 Å². The minimum absolute atomic E-state index is 0.850. The lowest BCUT2D eigenvalue weighted by molar-refractivity contribution is 0.272. The quantitative estimate of drug-likeness (QED) is 0.748. The zero-order valence-electron chi connectivity index (χ0n) is 11.9. The summed E-state index contributed by atoms with van der Waals surface area (Å²) in [5.74, 6) is 3.05. The Hall–Kier alpha value is -0.0400. The van der Waals surface area contributed by atoms with Crippen molar-refractivity contribution in [2.75, 3.05) is 6.54 Å². The van der Waals surface area contributed by atoms with Gasteiger partial charge in [0.1, 0.15) is 0 Å². The third-order valence-electron chi connectivity index (χ3n) is 5.24.